The molecule has 0 aromatic heterocycles. The summed E-state index contributed by atoms with van der Waals surface area (Å²) in [6, 6.07) is 48.4. The SMILES string of the molecule is CCC(C)C1=Cc2c(-c3ccc(C(C)(C)C)cc3)ccc(-c3ccc(C(C)(C)C)cc3)c2[CH]1[Zr]([CH3])([CH3])(=[SiH2])[CH]1C(C(C)CC)=Cc2c(-c3ccc(C(C)(C)C)cc3)ccc(-c3ccc(C(C)(C)C)cc3)c21.Cl.Cl. The summed E-state index contributed by atoms with van der Waals surface area (Å²) in [6.07, 6.45) is 7.69. The first-order chi connectivity index (χ1) is 32.5. The van der Waals surface area contributed by atoms with E-state index in [0.29, 0.717) is 19.1 Å². The fourth-order valence-corrected chi connectivity index (χ4v) is 31.6. The van der Waals surface area contributed by atoms with Crippen LogP contribution in [-0.2, 0) is 39.1 Å². The Morgan fingerprint density at radius 3 is 0.833 bits per heavy atom. The topological polar surface area (TPSA) is 0 Å². The molecule has 8 rings (SSSR count). The third kappa shape index (κ3) is 10.8. The van der Waals surface area contributed by atoms with E-state index < -0.39 is 17.4 Å². The van der Waals surface area contributed by atoms with Gasteiger partial charge in [-0.25, -0.2) is 0 Å². The summed E-state index contributed by atoms with van der Waals surface area (Å²) >= 11 is -4.36. The molecule has 0 bridgehead atoms. The fraction of sp³-hybridized carbons (Fsp3) is 0.412. The van der Waals surface area contributed by atoms with Crippen molar-refractivity contribution in [1.29, 1.82) is 0 Å². The molecule has 0 N–H and O–H groups in total. The zero-order valence-electron chi connectivity index (χ0n) is 47.4. The first-order valence-corrected chi connectivity index (χ1v) is 40.5. The van der Waals surface area contributed by atoms with Crippen molar-refractivity contribution in [2.45, 2.75) is 162 Å². The van der Waals surface area contributed by atoms with Crippen LogP contribution in [0.4, 0.5) is 0 Å². The van der Waals surface area contributed by atoms with Crippen LogP contribution < -0.4 is 0 Å². The molecule has 72 heavy (non-hydrogen) atoms. The van der Waals surface area contributed by atoms with Crippen LogP contribution in [0.1, 0.15) is 175 Å². The molecule has 0 amide bonds. The molecule has 2 aliphatic carbocycles. The summed E-state index contributed by atoms with van der Waals surface area (Å²) in [5.41, 5.74) is 26.1. The molecule has 0 fully saturated rings. The summed E-state index contributed by atoms with van der Waals surface area (Å²) in [5, 5.41) is 0. The zero-order chi connectivity index (χ0) is 51.1. The van der Waals surface area contributed by atoms with E-state index in [4.69, 9.17) is 0 Å². The normalized spacial score (nSPS) is 17.0. The molecule has 0 heterocycles. The summed E-state index contributed by atoms with van der Waals surface area (Å²) in [4.78, 5) is 0. The quantitative estimate of drug-likeness (QED) is 0.120. The van der Waals surface area contributed by atoms with Gasteiger partial charge in [-0.1, -0.05) is 0 Å². The summed E-state index contributed by atoms with van der Waals surface area (Å²) < 4.78 is 6.45. The predicted molar refractivity (Wildman–Crippen MR) is 325 cm³/mol. The standard InChI is InChI=1S/2C33H39.2CH3.2ClH.H2Si.Zr/c2*1-9-22(2)25-20-30-28(23-10-14-26(15-11-23)32(3,4)5)18-19-29(31(30)21-25)24-12-16-27(17-13-24)33(6,7)8;;;;;;/h2*10-22H,9H2,1-8H3;2*1H3;2*1H;1H2;. The molecule has 4 unspecified atom stereocenters. The van der Waals surface area contributed by atoms with Crippen LogP contribution in [-0.4, -0.2) is 6.88 Å². The Hall–Kier alpha value is -3.52. The van der Waals surface area contributed by atoms with Crippen molar-refractivity contribution in [3.8, 4) is 44.5 Å². The molecule has 0 saturated heterocycles. The minimum atomic E-state index is -4.36. The van der Waals surface area contributed by atoms with Gasteiger partial charge < -0.3 is 0 Å². The van der Waals surface area contributed by atoms with Crippen molar-refractivity contribution in [2.75, 3.05) is 0 Å². The van der Waals surface area contributed by atoms with Gasteiger partial charge in [0.1, 0.15) is 0 Å². The molecule has 0 saturated carbocycles. The van der Waals surface area contributed by atoms with E-state index in [1.807, 2.05) is 0 Å². The minimum Gasteiger partial charge on any atom is -0.147 e. The van der Waals surface area contributed by atoms with E-state index in [1.165, 1.54) is 77.9 Å². The molecule has 6 aromatic carbocycles. The molecule has 6 aromatic rings. The Kier molecular flexibility index (Phi) is 16.5. The predicted octanol–water partition coefficient (Wildman–Crippen LogP) is 20.4. The van der Waals surface area contributed by atoms with Crippen molar-refractivity contribution < 1.29 is 17.4 Å². The number of fused-ring (bicyclic) bond motifs is 2. The summed E-state index contributed by atoms with van der Waals surface area (Å²) in [5.74, 6) is 0.882. The molecule has 0 spiro atoms. The van der Waals surface area contributed by atoms with E-state index in [0.717, 1.165) is 12.8 Å². The second-order valence-corrected chi connectivity index (χ2v) is 57.5. The van der Waals surface area contributed by atoms with Crippen molar-refractivity contribution in [2.24, 2.45) is 11.8 Å². The van der Waals surface area contributed by atoms with Crippen LogP contribution in [0.2, 0.25) is 9.26 Å². The first-order valence-electron chi connectivity index (χ1n) is 26.8. The second kappa shape index (κ2) is 20.5. The Morgan fingerprint density at radius 1 is 0.389 bits per heavy atom. The molecular weight excluding hydrogens is 1010 g/mol. The smallest absolute Gasteiger partial charge is 0.147 e. The maximum atomic E-state index is 2.89. The Morgan fingerprint density at radius 2 is 0.611 bits per heavy atom. The van der Waals surface area contributed by atoms with Gasteiger partial charge >= 0.3 is 432 Å². The van der Waals surface area contributed by atoms with Crippen LogP contribution in [0.25, 0.3) is 56.7 Å². The van der Waals surface area contributed by atoms with Gasteiger partial charge in [0.05, 0.1) is 0 Å². The van der Waals surface area contributed by atoms with Crippen LogP contribution in [0, 0.1) is 11.8 Å². The monoisotopic (exact) mass is 1090 g/mol. The van der Waals surface area contributed by atoms with Gasteiger partial charge in [-0.15, -0.1) is 24.8 Å². The van der Waals surface area contributed by atoms with E-state index in [1.54, 1.807) is 22.3 Å². The Bertz CT molecular complexity index is 2850. The largest absolute Gasteiger partial charge is 0.147 e. The van der Waals surface area contributed by atoms with Gasteiger partial charge in [0.15, 0.2) is 0 Å². The van der Waals surface area contributed by atoms with Crippen molar-refractivity contribution >= 4 is 43.8 Å². The van der Waals surface area contributed by atoms with E-state index >= 15 is 0 Å². The van der Waals surface area contributed by atoms with Crippen molar-refractivity contribution in [1.82, 2.24) is 0 Å². The van der Waals surface area contributed by atoms with Gasteiger partial charge in [-0.05, 0) is 0 Å². The van der Waals surface area contributed by atoms with Crippen LogP contribution in [0.3, 0.4) is 0 Å². The van der Waals surface area contributed by atoms with Crippen molar-refractivity contribution in [3.05, 3.63) is 177 Å². The first kappa shape index (κ1) is 57.8. The number of hydrogen-bond donors (Lipinski definition) is 0. The molecule has 0 radical (unpaired) electrons. The van der Waals surface area contributed by atoms with Gasteiger partial charge in [-0.2, -0.15) is 0 Å². The maximum absolute atomic E-state index is 4.36. The number of allylic oxidation sites excluding steroid dienone is 2. The third-order valence-corrected chi connectivity index (χ3v) is 34.2. The molecule has 4 atom stereocenters. The van der Waals surface area contributed by atoms with Crippen LogP contribution >= 0.6 is 24.8 Å². The molecule has 2 aliphatic rings. The van der Waals surface area contributed by atoms with Gasteiger partial charge in [-0.3, -0.25) is 0 Å². The average Bonchev–Trinajstić information content (AvgIpc) is 3.92. The molecule has 0 nitrogen and oxygen atoms in total. The molecule has 4 heteroatoms. The number of hydrogen-bond acceptors (Lipinski definition) is 0. The van der Waals surface area contributed by atoms with Crippen LogP contribution in [0.5, 0.6) is 0 Å². The number of benzene rings is 6. The van der Waals surface area contributed by atoms with E-state index in [9.17, 15) is 0 Å². The van der Waals surface area contributed by atoms with Crippen molar-refractivity contribution in [3.63, 3.8) is 0 Å². The van der Waals surface area contributed by atoms with Gasteiger partial charge in [0.25, 0.3) is 0 Å². The summed E-state index contributed by atoms with van der Waals surface area (Å²) in [6.45, 7) is 40.4. The third-order valence-electron chi connectivity index (χ3n) is 16.9. The molecule has 0 aliphatic heterocycles. The number of halogens is 2. The van der Waals surface area contributed by atoms with Crippen LogP contribution in [0.15, 0.2) is 132 Å². The van der Waals surface area contributed by atoms with E-state index in [-0.39, 0.29) is 46.5 Å². The maximum Gasteiger partial charge on any atom is -0.147 e. The number of rotatable bonds is 10. The van der Waals surface area contributed by atoms with E-state index in [2.05, 4.69) is 260 Å². The van der Waals surface area contributed by atoms with Gasteiger partial charge in [0, 0.05) is 0 Å². The zero-order valence-corrected chi connectivity index (χ0v) is 53.0. The Labute approximate surface area is 452 Å². The minimum absolute atomic E-state index is 0. The van der Waals surface area contributed by atoms with Gasteiger partial charge in [0.2, 0.25) is 0 Å². The Balaban J connectivity index is 0.00000423. The average molecular weight is 1100 g/mol. The second-order valence-electron chi connectivity index (χ2n) is 27.0. The summed E-state index contributed by atoms with van der Waals surface area (Å²) in [7, 11) is 0. The molecular formula is C68H88Cl2SiZr. The fourth-order valence-electron chi connectivity index (χ4n) is 12.2. The molecule has 382 valence electrons.